The smallest absolute Gasteiger partial charge is 0.248 e. The topological polar surface area (TPSA) is 52.3 Å². The van der Waals surface area contributed by atoms with Gasteiger partial charge in [-0.1, -0.05) is 18.2 Å². The van der Waals surface area contributed by atoms with Crippen molar-refractivity contribution < 1.29 is 13.9 Å². The maximum absolute atomic E-state index is 13.8. The zero-order valence-electron chi connectivity index (χ0n) is 9.81. The number of rotatable bonds is 3. The lowest BCUT2D eigenvalue weighted by Gasteiger charge is -2.10. The molecule has 0 aromatic heterocycles. The van der Waals surface area contributed by atoms with E-state index >= 15 is 0 Å². The maximum atomic E-state index is 13.8. The summed E-state index contributed by atoms with van der Waals surface area (Å²) in [6.07, 6.45) is 0. The van der Waals surface area contributed by atoms with E-state index in [2.05, 4.69) is 0 Å². The summed E-state index contributed by atoms with van der Waals surface area (Å²) < 4.78 is 19.0. The Hall–Kier alpha value is -2.36. The van der Waals surface area contributed by atoms with Crippen LogP contribution in [0.5, 0.6) is 5.75 Å². The number of benzene rings is 2. The number of amides is 1. The molecule has 0 spiro atoms. The van der Waals surface area contributed by atoms with Gasteiger partial charge in [0.05, 0.1) is 7.11 Å². The number of ether oxygens (including phenoxy) is 1. The van der Waals surface area contributed by atoms with Crippen LogP contribution in [0.2, 0.25) is 0 Å². The van der Waals surface area contributed by atoms with Gasteiger partial charge in [-0.05, 0) is 24.3 Å². The van der Waals surface area contributed by atoms with Crippen molar-refractivity contribution in [2.45, 2.75) is 0 Å². The summed E-state index contributed by atoms with van der Waals surface area (Å²) in [5, 5.41) is 0. The Morgan fingerprint density at radius 1 is 1.17 bits per heavy atom. The first-order chi connectivity index (χ1) is 8.63. The molecule has 92 valence electrons. The van der Waals surface area contributed by atoms with Crippen LogP contribution in [0.4, 0.5) is 4.39 Å². The molecule has 2 rings (SSSR count). The Bertz CT molecular complexity index is 596. The summed E-state index contributed by atoms with van der Waals surface area (Å²) in [5.41, 5.74) is 6.33. The molecule has 0 saturated heterocycles. The predicted molar refractivity (Wildman–Crippen MR) is 66.9 cm³/mol. The number of para-hydroxylation sites is 1. The molecule has 0 aliphatic carbocycles. The fourth-order valence-corrected chi connectivity index (χ4v) is 1.75. The Kier molecular flexibility index (Phi) is 3.28. The zero-order valence-corrected chi connectivity index (χ0v) is 9.81. The standard InChI is InChI=1S/C14H12FNO2/c1-18-13-5-3-2-4-10(13)11-8-9(14(16)17)6-7-12(11)15/h2-8H,1H3,(H2,16,17). The normalized spacial score (nSPS) is 10.1. The van der Waals surface area contributed by atoms with Gasteiger partial charge in [0.15, 0.2) is 0 Å². The molecule has 0 unspecified atom stereocenters. The molecule has 0 saturated carbocycles. The third-order valence-electron chi connectivity index (χ3n) is 2.65. The van der Waals surface area contributed by atoms with Crippen molar-refractivity contribution in [2.24, 2.45) is 5.73 Å². The van der Waals surface area contributed by atoms with E-state index < -0.39 is 11.7 Å². The number of primary amides is 1. The first-order valence-electron chi connectivity index (χ1n) is 5.36. The van der Waals surface area contributed by atoms with Gasteiger partial charge in [-0.2, -0.15) is 0 Å². The van der Waals surface area contributed by atoms with Crippen molar-refractivity contribution >= 4 is 5.91 Å². The van der Waals surface area contributed by atoms with E-state index in [0.29, 0.717) is 16.9 Å². The van der Waals surface area contributed by atoms with Gasteiger partial charge in [0, 0.05) is 16.7 Å². The molecule has 0 heterocycles. The first-order valence-corrected chi connectivity index (χ1v) is 5.36. The molecule has 4 heteroatoms. The monoisotopic (exact) mass is 245 g/mol. The number of nitrogens with two attached hydrogens (primary N) is 1. The van der Waals surface area contributed by atoms with Crippen LogP contribution in [0.15, 0.2) is 42.5 Å². The Morgan fingerprint density at radius 2 is 1.89 bits per heavy atom. The van der Waals surface area contributed by atoms with E-state index in [1.54, 1.807) is 24.3 Å². The van der Waals surface area contributed by atoms with Crippen LogP contribution < -0.4 is 10.5 Å². The van der Waals surface area contributed by atoms with E-state index in [1.165, 1.54) is 25.3 Å². The number of hydrogen-bond donors (Lipinski definition) is 1. The van der Waals surface area contributed by atoms with Crippen LogP contribution in [0, 0.1) is 5.82 Å². The van der Waals surface area contributed by atoms with Crippen molar-refractivity contribution in [3.8, 4) is 16.9 Å². The number of carbonyl (C=O) groups is 1. The Morgan fingerprint density at radius 3 is 2.56 bits per heavy atom. The zero-order chi connectivity index (χ0) is 13.1. The number of hydrogen-bond acceptors (Lipinski definition) is 2. The molecule has 0 aliphatic rings. The van der Waals surface area contributed by atoms with E-state index in [-0.39, 0.29) is 5.56 Å². The number of halogens is 1. The van der Waals surface area contributed by atoms with E-state index in [4.69, 9.17) is 10.5 Å². The molecule has 18 heavy (non-hydrogen) atoms. The van der Waals surface area contributed by atoms with Gasteiger partial charge in [-0.25, -0.2) is 4.39 Å². The lowest BCUT2D eigenvalue weighted by Crippen LogP contribution is -2.11. The van der Waals surface area contributed by atoms with Gasteiger partial charge in [-0.3, -0.25) is 4.79 Å². The van der Waals surface area contributed by atoms with Gasteiger partial charge in [0.25, 0.3) is 0 Å². The van der Waals surface area contributed by atoms with E-state index in [1.807, 2.05) is 0 Å². The fourth-order valence-electron chi connectivity index (χ4n) is 1.75. The quantitative estimate of drug-likeness (QED) is 0.903. The summed E-state index contributed by atoms with van der Waals surface area (Å²) >= 11 is 0. The molecule has 2 aromatic carbocycles. The second-order valence-electron chi connectivity index (χ2n) is 3.76. The molecule has 2 N–H and O–H groups in total. The molecular weight excluding hydrogens is 233 g/mol. The molecular formula is C14H12FNO2. The number of carbonyl (C=O) groups excluding carboxylic acids is 1. The van der Waals surface area contributed by atoms with Crippen molar-refractivity contribution in [3.05, 3.63) is 53.8 Å². The highest BCUT2D eigenvalue weighted by Gasteiger charge is 2.12. The third kappa shape index (κ3) is 2.18. The fraction of sp³-hybridized carbons (Fsp3) is 0.0714. The minimum absolute atomic E-state index is 0.261. The van der Waals surface area contributed by atoms with Crippen molar-refractivity contribution in [2.75, 3.05) is 7.11 Å². The van der Waals surface area contributed by atoms with Crippen LogP contribution in [-0.2, 0) is 0 Å². The SMILES string of the molecule is COc1ccccc1-c1cc(C(N)=O)ccc1F. The van der Waals surface area contributed by atoms with Crippen molar-refractivity contribution in [1.29, 1.82) is 0 Å². The summed E-state index contributed by atoms with van der Waals surface area (Å²) in [4.78, 5) is 11.1. The van der Waals surface area contributed by atoms with E-state index in [9.17, 15) is 9.18 Å². The van der Waals surface area contributed by atoms with Gasteiger partial charge < -0.3 is 10.5 Å². The van der Waals surface area contributed by atoms with Crippen LogP contribution in [0.1, 0.15) is 10.4 Å². The largest absolute Gasteiger partial charge is 0.496 e. The maximum Gasteiger partial charge on any atom is 0.248 e. The van der Waals surface area contributed by atoms with Gasteiger partial charge in [-0.15, -0.1) is 0 Å². The molecule has 3 nitrogen and oxygen atoms in total. The lowest BCUT2D eigenvalue weighted by atomic mass is 10.0. The minimum Gasteiger partial charge on any atom is -0.496 e. The summed E-state index contributed by atoms with van der Waals surface area (Å²) in [7, 11) is 1.51. The van der Waals surface area contributed by atoms with Gasteiger partial charge >= 0.3 is 0 Å². The summed E-state index contributed by atoms with van der Waals surface area (Å²) in [5.74, 6) is -0.478. The van der Waals surface area contributed by atoms with Gasteiger partial charge in [0.2, 0.25) is 5.91 Å². The summed E-state index contributed by atoms with van der Waals surface area (Å²) in [6.45, 7) is 0. The highest BCUT2D eigenvalue weighted by atomic mass is 19.1. The Balaban J connectivity index is 2.62. The van der Waals surface area contributed by atoms with Crippen LogP contribution >= 0.6 is 0 Å². The molecule has 0 fully saturated rings. The molecule has 0 atom stereocenters. The van der Waals surface area contributed by atoms with Crippen LogP contribution in [-0.4, -0.2) is 13.0 Å². The third-order valence-corrected chi connectivity index (χ3v) is 2.65. The first kappa shape index (κ1) is 12.1. The average molecular weight is 245 g/mol. The van der Waals surface area contributed by atoms with Gasteiger partial charge in [0.1, 0.15) is 11.6 Å². The molecule has 0 bridgehead atoms. The van der Waals surface area contributed by atoms with Crippen molar-refractivity contribution in [3.63, 3.8) is 0 Å². The minimum atomic E-state index is -0.592. The number of methoxy groups -OCH3 is 1. The Labute approximate surface area is 104 Å². The van der Waals surface area contributed by atoms with E-state index in [0.717, 1.165) is 0 Å². The van der Waals surface area contributed by atoms with Crippen LogP contribution in [0.3, 0.4) is 0 Å². The molecule has 0 radical (unpaired) electrons. The molecule has 2 aromatic rings. The highest BCUT2D eigenvalue weighted by molar-refractivity contribution is 5.94. The van der Waals surface area contributed by atoms with Crippen molar-refractivity contribution in [1.82, 2.24) is 0 Å². The second kappa shape index (κ2) is 4.87. The van der Waals surface area contributed by atoms with Crippen LogP contribution in [0.25, 0.3) is 11.1 Å². The molecule has 0 aliphatic heterocycles. The molecule has 1 amide bonds. The predicted octanol–water partition coefficient (Wildman–Crippen LogP) is 2.60. The lowest BCUT2D eigenvalue weighted by molar-refractivity contribution is 0.100. The highest BCUT2D eigenvalue weighted by Crippen LogP contribution is 2.31. The average Bonchev–Trinajstić information content (AvgIpc) is 2.39. The second-order valence-corrected chi connectivity index (χ2v) is 3.76. The summed E-state index contributed by atoms with van der Waals surface area (Å²) in [6, 6.07) is 11.0.